The van der Waals surface area contributed by atoms with Gasteiger partial charge in [0.2, 0.25) is 0 Å². The van der Waals surface area contributed by atoms with Crippen molar-refractivity contribution in [1.82, 2.24) is 25.0 Å². The minimum absolute atomic E-state index is 0.458. The van der Waals surface area contributed by atoms with Crippen molar-refractivity contribution < 1.29 is 4.74 Å². The summed E-state index contributed by atoms with van der Waals surface area (Å²) in [5, 5.41) is 8.82. The van der Waals surface area contributed by atoms with Gasteiger partial charge < -0.3 is 9.64 Å². The van der Waals surface area contributed by atoms with Crippen molar-refractivity contribution in [3.63, 3.8) is 0 Å². The number of rotatable bonds is 8. The number of aryl methyl sites for hydroxylation is 1. The Morgan fingerprint density at radius 2 is 2.04 bits per heavy atom. The maximum Gasteiger partial charge on any atom is 0.189 e. The normalized spacial score (nSPS) is 11.5. The predicted molar refractivity (Wildman–Crippen MR) is 115 cm³/mol. The number of ether oxygens (including phenoxy) is 1. The van der Waals surface area contributed by atoms with Crippen LogP contribution < -0.4 is 4.90 Å². The third-order valence-corrected chi connectivity index (χ3v) is 5.35. The van der Waals surface area contributed by atoms with Crippen LogP contribution in [-0.4, -0.2) is 51.8 Å². The Bertz CT molecular complexity index is 955. The van der Waals surface area contributed by atoms with Crippen LogP contribution in [0.5, 0.6) is 0 Å². The molecule has 0 atom stereocenters. The van der Waals surface area contributed by atoms with Gasteiger partial charge >= 0.3 is 0 Å². The summed E-state index contributed by atoms with van der Waals surface area (Å²) in [5.74, 6) is 1.98. The first-order valence-electron chi connectivity index (χ1n) is 9.60. The lowest BCUT2D eigenvalue weighted by Gasteiger charge is -2.22. The van der Waals surface area contributed by atoms with E-state index in [0.717, 1.165) is 35.5 Å². The van der Waals surface area contributed by atoms with E-state index in [1.54, 1.807) is 11.8 Å². The number of aromatic nitrogens is 5. The Hall–Kier alpha value is -2.06. The topological polar surface area (TPSA) is 69.0 Å². The van der Waals surface area contributed by atoms with E-state index in [-0.39, 0.29) is 0 Å². The van der Waals surface area contributed by atoms with E-state index < -0.39 is 0 Å². The van der Waals surface area contributed by atoms with Crippen molar-refractivity contribution >= 4 is 32.9 Å². The Balaban J connectivity index is 2.07. The van der Waals surface area contributed by atoms with Crippen molar-refractivity contribution in [2.45, 2.75) is 40.0 Å². The molecule has 2 aromatic heterocycles. The largest absolute Gasteiger partial charge is 0.385 e. The predicted octanol–water partition coefficient (Wildman–Crippen LogP) is 4.27. The van der Waals surface area contributed by atoms with Gasteiger partial charge in [-0.3, -0.25) is 0 Å². The van der Waals surface area contributed by atoms with E-state index in [1.165, 1.54) is 5.56 Å². The third-order valence-electron chi connectivity index (χ3n) is 4.72. The summed E-state index contributed by atoms with van der Waals surface area (Å²) in [7, 11) is 1.72. The summed E-state index contributed by atoms with van der Waals surface area (Å²) in [6.45, 7) is 10.8. The van der Waals surface area contributed by atoms with Crippen molar-refractivity contribution in [2.24, 2.45) is 0 Å². The first kappa shape index (κ1) is 20.7. The van der Waals surface area contributed by atoms with E-state index in [1.807, 2.05) is 6.92 Å². The molecule has 0 amide bonds. The SMILES string of the molecule is CCN(CCCOC)c1nc(C)nc2c1nnn2-c1ccc(C(C)C)cc1Br. The summed E-state index contributed by atoms with van der Waals surface area (Å²) in [4.78, 5) is 11.5. The molecule has 8 heteroatoms. The highest BCUT2D eigenvalue weighted by Crippen LogP contribution is 2.29. The van der Waals surface area contributed by atoms with Crippen molar-refractivity contribution in [1.29, 1.82) is 0 Å². The molecule has 0 aliphatic carbocycles. The molecule has 0 radical (unpaired) electrons. The number of fused-ring (bicyclic) bond motifs is 1. The van der Waals surface area contributed by atoms with E-state index in [0.29, 0.717) is 29.5 Å². The van der Waals surface area contributed by atoms with Crippen LogP contribution in [0.2, 0.25) is 0 Å². The first-order chi connectivity index (χ1) is 13.5. The summed E-state index contributed by atoms with van der Waals surface area (Å²) >= 11 is 3.69. The van der Waals surface area contributed by atoms with Crippen molar-refractivity contribution in [3.05, 3.63) is 34.1 Å². The molecular formula is C20H27BrN6O. The minimum Gasteiger partial charge on any atom is -0.385 e. The number of benzene rings is 1. The average molecular weight is 447 g/mol. The lowest BCUT2D eigenvalue weighted by Crippen LogP contribution is -2.26. The van der Waals surface area contributed by atoms with E-state index >= 15 is 0 Å². The number of anilines is 1. The Kier molecular flexibility index (Phi) is 6.61. The summed E-state index contributed by atoms with van der Waals surface area (Å²) in [6.07, 6.45) is 0.922. The quantitative estimate of drug-likeness (QED) is 0.481. The molecular weight excluding hydrogens is 420 g/mol. The third kappa shape index (κ3) is 4.17. The Morgan fingerprint density at radius 1 is 1.25 bits per heavy atom. The second kappa shape index (κ2) is 8.96. The molecule has 28 heavy (non-hydrogen) atoms. The van der Waals surface area contributed by atoms with Crippen LogP contribution >= 0.6 is 15.9 Å². The van der Waals surface area contributed by atoms with Crippen LogP contribution in [0.4, 0.5) is 5.82 Å². The van der Waals surface area contributed by atoms with Gasteiger partial charge in [0.05, 0.1) is 5.69 Å². The summed E-state index contributed by atoms with van der Waals surface area (Å²) in [6, 6.07) is 6.31. The molecule has 0 fully saturated rings. The van der Waals surface area contributed by atoms with Gasteiger partial charge in [-0.15, -0.1) is 5.10 Å². The second-order valence-electron chi connectivity index (χ2n) is 7.06. The number of methoxy groups -OCH3 is 1. The zero-order chi connectivity index (χ0) is 20.3. The molecule has 3 aromatic rings. The van der Waals surface area contributed by atoms with Crippen LogP contribution in [0.1, 0.15) is 44.5 Å². The number of nitrogens with zero attached hydrogens (tertiary/aromatic N) is 6. The van der Waals surface area contributed by atoms with Crippen molar-refractivity contribution in [2.75, 3.05) is 31.7 Å². The van der Waals surface area contributed by atoms with E-state index in [2.05, 4.69) is 80.1 Å². The molecule has 0 saturated heterocycles. The molecule has 0 bridgehead atoms. The van der Waals surface area contributed by atoms with Gasteiger partial charge in [-0.05, 0) is 59.8 Å². The Labute approximate surface area is 174 Å². The van der Waals surface area contributed by atoms with Crippen LogP contribution in [0, 0.1) is 6.92 Å². The van der Waals surface area contributed by atoms with Gasteiger partial charge in [-0.2, -0.15) is 4.68 Å². The monoisotopic (exact) mass is 446 g/mol. The second-order valence-corrected chi connectivity index (χ2v) is 7.91. The molecule has 3 rings (SSSR count). The fraction of sp³-hybridized carbons (Fsp3) is 0.500. The standard InChI is InChI=1S/C20H27BrN6O/c1-6-26(10-7-11-28-5)19-18-20(23-14(4)22-19)27(25-24-18)17-9-8-15(13(2)3)12-16(17)21/h8-9,12-13H,6-7,10-11H2,1-5H3. The Morgan fingerprint density at radius 3 is 2.68 bits per heavy atom. The molecule has 7 nitrogen and oxygen atoms in total. The van der Waals surface area contributed by atoms with E-state index in [4.69, 9.17) is 4.74 Å². The van der Waals surface area contributed by atoms with Gasteiger partial charge in [-0.25, -0.2) is 9.97 Å². The molecule has 150 valence electrons. The molecule has 1 aromatic carbocycles. The fourth-order valence-corrected chi connectivity index (χ4v) is 3.72. The lowest BCUT2D eigenvalue weighted by molar-refractivity contribution is 0.196. The zero-order valence-electron chi connectivity index (χ0n) is 17.1. The highest BCUT2D eigenvalue weighted by molar-refractivity contribution is 9.10. The average Bonchev–Trinajstić information content (AvgIpc) is 3.08. The van der Waals surface area contributed by atoms with Gasteiger partial charge in [0.25, 0.3) is 0 Å². The van der Waals surface area contributed by atoms with Crippen LogP contribution in [-0.2, 0) is 4.74 Å². The molecule has 0 spiro atoms. The number of hydrogen-bond donors (Lipinski definition) is 0. The smallest absolute Gasteiger partial charge is 0.189 e. The first-order valence-corrected chi connectivity index (χ1v) is 10.4. The maximum atomic E-state index is 5.19. The molecule has 0 unspecified atom stereocenters. The molecule has 0 aliphatic rings. The van der Waals surface area contributed by atoms with Gasteiger partial charge in [0, 0.05) is 31.3 Å². The molecule has 2 heterocycles. The minimum atomic E-state index is 0.458. The highest BCUT2D eigenvalue weighted by Gasteiger charge is 2.19. The van der Waals surface area contributed by atoms with Gasteiger partial charge in [0.15, 0.2) is 17.0 Å². The molecule has 0 N–H and O–H groups in total. The summed E-state index contributed by atoms with van der Waals surface area (Å²) < 4.78 is 7.94. The number of hydrogen-bond acceptors (Lipinski definition) is 6. The zero-order valence-corrected chi connectivity index (χ0v) is 18.7. The van der Waals surface area contributed by atoms with Gasteiger partial charge in [-0.1, -0.05) is 25.1 Å². The number of halogens is 1. The van der Waals surface area contributed by atoms with Crippen LogP contribution in [0.3, 0.4) is 0 Å². The lowest BCUT2D eigenvalue weighted by atomic mass is 10.0. The van der Waals surface area contributed by atoms with Crippen LogP contribution in [0.15, 0.2) is 22.7 Å². The van der Waals surface area contributed by atoms with Crippen molar-refractivity contribution in [3.8, 4) is 5.69 Å². The fourth-order valence-electron chi connectivity index (χ4n) is 3.16. The molecule has 0 saturated carbocycles. The molecule has 0 aliphatic heterocycles. The van der Waals surface area contributed by atoms with Gasteiger partial charge in [0.1, 0.15) is 5.82 Å². The van der Waals surface area contributed by atoms with Crippen LogP contribution in [0.25, 0.3) is 16.9 Å². The highest BCUT2D eigenvalue weighted by atomic mass is 79.9. The summed E-state index contributed by atoms with van der Waals surface area (Å²) in [5.41, 5.74) is 3.61. The maximum absolute atomic E-state index is 5.19. The van der Waals surface area contributed by atoms with E-state index in [9.17, 15) is 0 Å².